The molecule has 0 saturated carbocycles. The largest absolute Gasteiger partial charge is 0.324 e. The van der Waals surface area contributed by atoms with Gasteiger partial charge in [0.15, 0.2) is 11.6 Å². The maximum absolute atomic E-state index is 12.7. The van der Waals surface area contributed by atoms with E-state index in [9.17, 15) is 16.8 Å². The smallest absolute Gasteiger partial charge is 0.243 e. The van der Waals surface area contributed by atoms with Gasteiger partial charge < -0.3 is 5.32 Å². The number of anilines is 4. The highest BCUT2D eigenvalue weighted by Crippen LogP contribution is 2.24. The molecule has 3 N–H and O–H groups in total. The molecule has 13 nitrogen and oxygen atoms in total. The lowest BCUT2D eigenvalue weighted by Crippen LogP contribution is -2.41. The number of hydrogen-bond donors (Lipinski definition) is 3. The number of benzene rings is 3. The van der Waals surface area contributed by atoms with Crippen LogP contribution in [0.5, 0.6) is 0 Å². The van der Waals surface area contributed by atoms with Crippen LogP contribution in [-0.4, -0.2) is 73.0 Å². The molecular formula is C32H35N9O4S2. The number of sulfonamides is 2. The van der Waals surface area contributed by atoms with Crippen molar-refractivity contribution < 1.29 is 16.8 Å². The van der Waals surface area contributed by atoms with Gasteiger partial charge in [-0.1, -0.05) is 42.5 Å². The third-order valence-electron chi connectivity index (χ3n) is 7.88. The van der Waals surface area contributed by atoms with Gasteiger partial charge in [-0.2, -0.15) is 28.8 Å². The third kappa shape index (κ3) is 7.33. The van der Waals surface area contributed by atoms with E-state index >= 15 is 0 Å². The molecule has 0 bridgehead atoms. The second-order valence-electron chi connectivity index (χ2n) is 11.1. The highest BCUT2D eigenvalue weighted by atomic mass is 32.2. The molecule has 15 heteroatoms. The van der Waals surface area contributed by atoms with Crippen LogP contribution >= 0.6 is 0 Å². The second-order valence-corrected chi connectivity index (χ2v) is 15.0. The summed E-state index contributed by atoms with van der Waals surface area (Å²) in [6.07, 6.45) is 1.76. The maximum Gasteiger partial charge on any atom is 0.243 e. The van der Waals surface area contributed by atoms with Gasteiger partial charge in [-0.3, -0.25) is 10.9 Å². The molecule has 2 fully saturated rings. The highest BCUT2D eigenvalue weighted by Gasteiger charge is 2.30. The van der Waals surface area contributed by atoms with E-state index in [1.807, 2.05) is 44.2 Å². The molecular weight excluding hydrogens is 639 g/mol. The monoisotopic (exact) mass is 673 g/mol. The van der Waals surface area contributed by atoms with E-state index in [1.165, 1.54) is 8.61 Å². The fourth-order valence-corrected chi connectivity index (χ4v) is 7.80. The van der Waals surface area contributed by atoms with Crippen molar-refractivity contribution in [2.24, 2.45) is 10.2 Å². The molecule has 0 spiro atoms. The zero-order valence-corrected chi connectivity index (χ0v) is 27.6. The molecule has 2 aliphatic heterocycles. The first-order valence-electron chi connectivity index (χ1n) is 15.1. The van der Waals surface area contributed by atoms with Gasteiger partial charge in [0.25, 0.3) is 0 Å². The first kappa shape index (κ1) is 32.2. The van der Waals surface area contributed by atoms with Crippen LogP contribution in [0.2, 0.25) is 0 Å². The van der Waals surface area contributed by atoms with Crippen LogP contribution in [-0.2, 0) is 20.0 Å². The van der Waals surface area contributed by atoms with E-state index in [0.29, 0.717) is 55.2 Å². The van der Waals surface area contributed by atoms with Gasteiger partial charge in [0, 0.05) is 37.9 Å². The Balaban J connectivity index is 1.19. The highest BCUT2D eigenvalue weighted by molar-refractivity contribution is 7.89. The topological polar surface area (TPSA) is 161 Å². The number of nitrogens with zero attached hydrogens (tertiary/aromatic N) is 6. The molecule has 3 aromatic carbocycles. The quantitative estimate of drug-likeness (QED) is 0.143. The normalized spacial score (nSPS) is 16.2. The van der Waals surface area contributed by atoms with Gasteiger partial charge in [-0.25, -0.2) is 16.8 Å². The van der Waals surface area contributed by atoms with Crippen LogP contribution in [0.25, 0.3) is 0 Å². The summed E-state index contributed by atoms with van der Waals surface area (Å²) in [6.45, 7) is 5.82. The van der Waals surface area contributed by atoms with Gasteiger partial charge in [0.2, 0.25) is 26.0 Å². The molecule has 0 amide bonds. The molecule has 4 aromatic rings. The summed E-state index contributed by atoms with van der Waals surface area (Å²) in [4.78, 5) is 9.61. The van der Waals surface area contributed by atoms with Crippen molar-refractivity contribution in [3.05, 3.63) is 96.1 Å². The maximum atomic E-state index is 12.7. The summed E-state index contributed by atoms with van der Waals surface area (Å²) < 4.78 is 53.7. The molecule has 1 aromatic heterocycles. The second kappa shape index (κ2) is 13.6. The summed E-state index contributed by atoms with van der Waals surface area (Å²) >= 11 is 0. The fourth-order valence-electron chi connectivity index (χ4n) is 4.77. The van der Waals surface area contributed by atoms with Gasteiger partial charge in [-0.05, 0) is 74.2 Å². The zero-order chi connectivity index (χ0) is 33.0. The first-order valence-corrected chi connectivity index (χ1v) is 18.0. The number of aromatic nitrogens is 2. The third-order valence-corrected chi connectivity index (χ3v) is 11.7. The van der Waals surface area contributed by atoms with Crippen molar-refractivity contribution in [3.63, 3.8) is 0 Å². The predicted molar refractivity (Wildman–Crippen MR) is 183 cm³/mol. The van der Waals surface area contributed by atoms with Crippen LogP contribution < -0.4 is 16.2 Å². The molecule has 6 rings (SSSR count). The molecule has 0 unspecified atom stereocenters. The summed E-state index contributed by atoms with van der Waals surface area (Å²) in [5.41, 5.74) is 9.47. The number of rotatable bonds is 12. The van der Waals surface area contributed by atoms with Crippen molar-refractivity contribution in [1.82, 2.24) is 18.6 Å². The Morgan fingerprint density at radius 3 is 1.45 bits per heavy atom. The van der Waals surface area contributed by atoms with E-state index in [2.05, 4.69) is 36.3 Å². The SMILES string of the molecule is CC(=NNc1cc(NN=C(C)c2ccc(S(=O)(=O)N3CCC3)cc2)nc(Nc2ccccc2)n1)c1ccc(S(=O)(=O)N2CCC2)cc1. The summed E-state index contributed by atoms with van der Waals surface area (Å²) in [6, 6.07) is 24.4. The zero-order valence-electron chi connectivity index (χ0n) is 26.0. The Labute approximate surface area is 274 Å². The van der Waals surface area contributed by atoms with Crippen molar-refractivity contribution in [1.29, 1.82) is 0 Å². The fraction of sp³-hybridized carbons (Fsp3) is 0.250. The Morgan fingerprint density at radius 1 is 0.638 bits per heavy atom. The molecule has 244 valence electrons. The number of hydrogen-bond acceptors (Lipinski definition) is 11. The van der Waals surface area contributed by atoms with Crippen LogP contribution in [0.1, 0.15) is 37.8 Å². The number of hydrazone groups is 2. The summed E-state index contributed by atoms with van der Waals surface area (Å²) in [5.74, 6) is 1.06. The molecule has 2 saturated heterocycles. The van der Waals surface area contributed by atoms with Gasteiger partial charge in [0.1, 0.15) is 0 Å². The van der Waals surface area contributed by atoms with Crippen molar-refractivity contribution in [2.45, 2.75) is 36.5 Å². The van der Waals surface area contributed by atoms with E-state index in [0.717, 1.165) is 29.7 Å². The molecule has 47 heavy (non-hydrogen) atoms. The Kier molecular flexibility index (Phi) is 9.31. The summed E-state index contributed by atoms with van der Waals surface area (Å²) in [5, 5.41) is 12.1. The Morgan fingerprint density at radius 2 is 1.06 bits per heavy atom. The van der Waals surface area contributed by atoms with Crippen LogP contribution in [0, 0.1) is 0 Å². The van der Waals surface area contributed by atoms with Crippen molar-refractivity contribution >= 4 is 54.7 Å². The number of nitrogens with one attached hydrogen (secondary N) is 3. The standard InChI is InChI=1S/C32H35N9O4S2/c1-23(25-10-14-28(15-11-25)46(42,43)40-18-6-19-40)36-38-30-22-31(35-32(34-30)33-27-8-4-3-5-9-27)39-37-24(2)26-12-16-29(17-13-26)47(44,45)41-20-7-21-41/h3-5,8-17,22H,6-7,18-21H2,1-2H3,(H3,33,34,35,38,39). The van der Waals surface area contributed by atoms with Crippen LogP contribution in [0.4, 0.5) is 23.3 Å². The average Bonchev–Trinajstić information content (AvgIpc) is 3.01. The van der Waals surface area contributed by atoms with Gasteiger partial charge in [0.05, 0.1) is 21.2 Å². The predicted octanol–water partition coefficient (Wildman–Crippen LogP) is 4.68. The molecule has 0 aliphatic carbocycles. The van der Waals surface area contributed by atoms with Crippen LogP contribution in [0.15, 0.2) is 105 Å². The lowest BCUT2D eigenvalue weighted by Gasteiger charge is -2.29. The Bertz CT molecular complexity index is 1890. The molecule has 3 heterocycles. The van der Waals surface area contributed by atoms with Crippen molar-refractivity contribution in [2.75, 3.05) is 42.3 Å². The molecule has 0 atom stereocenters. The lowest BCUT2D eigenvalue weighted by molar-refractivity contribution is 0.309. The van der Waals surface area contributed by atoms with E-state index in [4.69, 9.17) is 0 Å². The van der Waals surface area contributed by atoms with E-state index in [1.54, 1.807) is 54.6 Å². The van der Waals surface area contributed by atoms with Crippen molar-refractivity contribution in [3.8, 4) is 0 Å². The minimum absolute atomic E-state index is 0.258. The summed E-state index contributed by atoms with van der Waals surface area (Å²) in [7, 11) is -6.93. The van der Waals surface area contributed by atoms with Gasteiger partial charge in [-0.15, -0.1) is 0 Å². The van der Waals surface area contributed by atoms with Gasteiger partial charge >= 0.3 is 0 Å². The molecule has 0 radical (unpaired) electrons. The average molecular weight is 674 g/mol. The lowest BCUT2D eigenvalue weighted by atomic mass is 10.1. The minimum atomic E-state index is -3.46. The van der Waals surface area contributed by atoms with E-state index in [-0.39, 0.29) is 9.79 Å². The van der Waals surface area contributed by atoms with E-state index < -0.39 is 20.0 Å². The molecule has 2 aliphatic rings. The Hall–Kier alpha value is -4.70. The van der Waals surface area contributed by atoms with Crippen LogP contribution in [0.3, 0.4) is 0 Å². The number of para-hydroxylation sites is 1. The minimum Gasteiger partial charge on any atom is -0.324 e. The first-order chi connectivity index (χ1) is 22.6.